The number of aromatic nitrogens is 1. The summed E-state index contributed by atoms with van der Waals surface area (Å²) in [5, 5.41) is 11.3. The van der Waals surface area contributed by atoms with Crippen molar-refractivity contribution in [2.24, 2.45) is 0 Å². The lowest BCUT2D eigenvalue weighted by Gasteiger charge is -2.23. The first kappa shape index (κ1) is 20.8. The number of ether oxygens (including phenoxy) is 1. The number of fused-ring (bicyclic) bond motifs is 1. The Bertz CT molecular complexity index is 1410. The lowest BCUT2D eigenvalue weighted by Crippen LogP contribution is -2.29. The number of nitrogens with zero attached hydrogens (tertiary/aromatic N) is 2. The van der Waals surface area contributed by atoms with Crippen LogP contribution in [0.25, 0.3) is 16.0 Å². The Balaban J connectivity index is 1.72. The number of hydrogen-bond acceptors (Lipinski definition) is 6. The molecule has 1 N–H and O–H groups in total. The van der Waals surface area contributed by atoms with Gasteiger partial charge in [0.25, 0.3) is 5.78 Å². The molecule has 3 aromatic carbocycles. The van der Waals surface area contributed by atoms with E-state index in [1.165, 1.54) is 30.2 Å². The van der Waals surface area contributed by atoms with Crippen LogP contribution in [-0.2, 0) is 9.59 Å². The number of carbonyl (C=O) groups excluding carboxylic acids is 2. The summed E-state index contributed by atoms with van der Waals surface area (Å²) in [6.07, 6.45) is 0. The second-order valence-corrected chi connectivity index (χ2v) is 8.43. The molecule has 1 aliphatic rings. The molecule has 1 atom stereocenters. The molecule has 164 valence electrons. The van der Waals surface area contributed by atoms with Crippen LogP contribution in [0.3, 0.4) is 0 Å². The predicted octanol–water partition coefficient (Wildman–Crippen LogP) is 5.07. The number of aliphatic hydroxyl groups is 1. The summed E-state index contributed by atoms with van der Waals surface area (Å²) >= 11 is 1.10. The summed E-state index contributed by atoms with van der Waals surface area (Å²) < 4.78 is 19.5. The van der Waals surface area contributed by atoms with E-state index in [-0.39, 0.29) is 16.5 Å². The zero-order valence-electron chi connectivity index (χ0n) is 17.4. The smallest absolute Gasteiger partial charge is 0.301 e. The lowest BCUT2D eigenvalue weighted by molar-refractivity contribution is -0.132. The van der Waals surface area contributed by atoms with E-state index in [0.717, 1.165) is 11.3 Å². The molecule has 0 aliphatic carbocycles. The van der Waals surface area contributed by atoms with Gasteiger partial charge in [-0.05, 0) is 35.9 Å². The average molecular weight is 460 g/mol. The van der Waals surface area contributed by atoms with Crippen molar-refractivity contribution in [1.29, 1.82) is 0 Å². The standard InChI is InChI=1S/C25H17FN2O4S/c1-32-17-10-7-14(8-11-17)21-20(22(29)15-5-3-2-4-6-15)23(30)24(31)28(21)25-27-18-12-9-16(26)13-19(18)33-25/h2-13,21,29H,1H3/t21-/m0/s1. The monoisotopic (exact) mass is 460 g/mol. The van der Waals surface area contributed by atoms with Crippen molar-refractivity contribution in [3.05, 3.63) is 95.3 Å². The van der Waals surface area contributed by atoms with E-state index in [0.29, 0.717) is 27.1 Å². The predicted molar refractivity (Wildman–Crippen MR) is 124 cm³/mol. The zero-order chi connectivity index (χ0) is 23.1. The Morgan fingerprint density at radius 3 is 2.48 bits per heavy atom. The SMILES string of the molecule is COc1ccc([C@H]2C(=C(O)c3ccccc3)C(=O)C(=O)N2c2nc3ccc(F)cc3s2)cc1. The third kappa shape index (κ3) is 3.54. The first-order chi connectivity index (χ1) is 16.0. The highest BCUT2D eigenvalue weighted by Crippen LogP contribution is 2.44. The normalized spacial score (nSPS) is 17.6. The Hall–Kier alpha value is -4.04. The Kier molecular flexibility index (Phi) is 5.14. The van der Waals surface area contributed by atoms with Gasteiger partial charge in [0.1, 0.15) is 17.3 Å². The number of carbonyl (C=O) groups is 2. The van der Waals surface area contributed by atoms with Crippen LogP contribution in [0, 0.1) is 5.82 Å². The summed E-state index contributed by atoms with van der Waals surface area (Å²) in [4.78, 5) is 32.1. The molecule has 1 saturated heterocycles. The number of benzene rings is 3. The zero-order valence-corrected chi connectivity index (χ0v) is 18.2. The van der Waals surface area contributed by atoms with Crippen LogP contribution in [0.1, 0.15) is 17.2 Å². The van der Waals surface area contributed by atoms with Crippen molar-refractivity contribution >= 4 is 44.1 Å². The van der Waals surface area contributed by atoms with Crippen LogP contribution in [0.2, 0.25) is 0 Å². The van der Waals surface area contributed by atoms with E-state index in [1.807, 2.05) is 0 Å². The fourth-order valence-corrected chi connectivity index (χ4v) is 4.89. The first-order valence-electron chi connectivity index (χ1n) is 10.0. The number of thiazole rings is 1. The van der Waals surface area contributed by atoms with Crippen molar-refractivity contribution in [3.63, 3.8) is 0 Å². The van der Waals surface area contributed by atoms with Crippen LogP contribution in [0.15, 0.2) is 78.4 Å². The maximum atomic E-state index is 13.7. The molecule has 0 radical (unpaired) electrons. The largest absolute Gasteiger partial charge is 0.507 e. The van der Waals surface area contributed by atoms with E-state index in [4.69, 9.17) is 4.74 Å². The molecule has 0 spiro atoms. The molecule has 1 fully saturated rings. The van der Waals surface area contributed by atoms with Gasteiger partial charge in [0.05, 0.1) is 28.9 Å². The van der Waals surface area contributed by atoms with Gasteiger partial charge in [0.15, 0.2) is 5.13 Å². The van der Waals surface area contributed by atoms with E-state index in [1.54, 1.807) is 54.6 Å². The van der Waals surface area contributed by atoms with E-state index >= 15 is 0 Å². The van der Waals surface area contributed by atoms with Gasteiger partial charge < -0.3 is 9.84 Å². The molecule has 1 aliphatic heterocycles. The minimum atomic E-state index is -0.915. The van der Waals surface area contributed by atoms with Gasteiger partial charge in [-0.1, -0.05) is 53.8 Å². The molecule has 2 heterocycles. The lowest BCUT2D eigenvalue weighted by atomic mass is 9.95. The summed E-state index contributed by atoms with van der Waals surface area (Å²) in [6.45, 7) is 0. The molecule has 5 rings (SSSR count). The highest BCUT2D eigenvalue weighted by Gasteiger charge is 2.48. The van der Waals surface area contributed by atoms with E-state index in [9.17, 15) is 19.1 Å². The second kappa shape index (κ2) is 8.14. The van der Waals surface area contributed by atoms with Crippen LogP contribution in [0.5, 0.6) is 5.75 Å². The topological polar surface area (TPSA) is 79.7 Å². The van der Waals surface area contributed by atoms with Gasteiger partial charge in [-0.25, -0.2) is 9.37 Å². The van der Waals surface area contributed by atoms with Gasteiger partial charge in [-0.2, -0.15) is 0 Å². The van der Waals surface area contributed by atoms with Crippen LogP contribution in [-0.4, -0.2) is 28.9 Å². The van der Waals surface area contributed by atoms with Gasteiger partial charge in [-0.3, -0.25) is 14.5 Å². The average Bonchev–Trinajstić information content (AvgIpc) is 3.37. The summed E-state index contributed by atoms with van der Waals surface area (Å²) in [7, 11) is 1.54. The van der Waals surface area contributed by atoms with Crippen molar-refractivity contribution in [1.82, 2.24) is 4.98 Å². The maximum absolute atomic E-state index is 13.7. The number of hydrogen-bond donors (Lipinski definition) is 1. The molecule has 4 aromatic rings. The molecule has 1 aromatic heterocycles. The maximum Gasteiger partial charge on any atom is 0.301 e. The fraction of sp³-hybridized carbons (Fsp3) is 0.0800. The van der Waals surface area contributed by atoms with Crippen molar-refractivity contribution in [3.8, 4) is 5.75 Å². The third-order valence-corrected chi connectivity index (χ3v) is 6.49. The molecular weight excluding hydrogens is 443 g/mol. The van der Waals surface area contributed by atoms with Crippen molar-refractivity contribution < 1.29 is 23.8 Å². The number of methoxy groups -OCH3 is 1. The first-order valence-corrected chi connectivity index (χ1v) is 10.9. The van der Waals surface area contributed by atoms with Gasteiger partial charge in [0, 0.05) is 5.56 Å². The molecule has 0 unspecified atom stereocenters. The number of aliphatic hydroxyl groups excluding tert-OH is 1. The van der Waals surface area contributed by atoms with Gasteiger partial charge >= 0.3 is 5.91 Å². The highest BCUT2D eigenvalue weighted by atomic mass is 32.1. The molecule has 1 amide bonds. The minimum Gasteiger partial charge on any atom is -0.507 e. The second-order valence-electron chi connectivity index (χ2n) is 7.42. The van der Waals surface area contributed by atoms with Crippen LogP contribution < -0.4 is 9.64 Å². The molecule has 0 saturated carbocycles. The number of rotatable bonds is 4. The summed E-state index contributed by atoms with van der Waals surface area (Å²) in [5.74, 6) is -1.72. The molecule has 6 nitrogen and oxygen atoms in total. The van der Waals surface area contributed by atoms with Crippen molar-refractivity contribution in [2.45, 2.75) is 6.04 Å². The quantitative estimate of drug-likeness (QED) is 0.261. The molecular formula is C25H17FN2O4S. The van der Waals surface area contributed by atoms with Gasteiger partial charge in [-0.15, -0.1) is 0 Å². The number of anilines is 1. The number of Topliss-reactive ketones (excluding diaryl/α,β-unsaturated/α-hetero) is 1. The Labute approximate surface area is 192 Å². The summed E-state index contributed by atoms with van der Waals surface area (Å²) in [5.41, 5.74) is 1.48. The van der Waals surface area contributed by atoms with E-state index in [2.05, 4.69) is 4.98 Å². The molecule has 8 heteroatoms. The third-order valence-electron chi connectivity index (χ3n) is 5.47. The molecule has 0 bridgehead atoms. The highest BCUT2D eigenvalue weighted by molar-refractivity contribution is 7.22. The Morgan fingerprint density at radius 2 is 1.79 bits per heavy atom. The number of halogens is 1. The van der Waals surface area contributed by atoms with E-state index < -0.39 is 23.5 Å². The van der Waals surface area contributed by atoms with Gasteiger partial charge in [0.2, 0.25) is 0 Å². The van der Waals surface area contributed by atoms with Crippen LogP contribution >= 0.6 is 11.3 Å². The summed E-state index contributed by atoms with van der Waals surface area (Å²) in [6, 6.07) is 18.7. The fourth-order valence-electron chi connectivity index (χ4n) is 3.87. The Morgan fingerprint density at radius 1 is 1.06 bits per heavy atom. The minimum absolute atomic E-state index is 0.0400. The number of amides is 1. The number of ketones is 1. The molecule has 33 heavy (non-hydrogen) atoms. The van der Waals surface area contributed by atoms with Crippen LogP contribution in [0.4, 0.5) is 9.52 Å². The van der Waals surface area contributed by atoms with Crippen molar-refractivity contribution in [2.75, 3.05) is 12.0 Å².